The Labute approximate surface area is 154 Å². The number of anilines is 2. The molecule has 0 bridgehead atoms. The van der Waals surface area contributed by atoms with Crippen molar-refractivity contribution in [3.05, 3.63) is 58.6 Å². The van der Waals surface area contributed by atoms with Crippen molar-refractivity contribution in [3.63, 3.8) is 0 Å². The maximum absolute atomic E-state index is 12.5. The Morgan fingerprint density at radius 1 is 1.12 bits per heavy atom. The van der Waals surface area contributed by atoms with Crippen molar-refractivity contribution < 1.29 is 4.79 Å². The zero-order valence-corrected chi connectivity index (χ0v) is 15.5. The van der Waals surface area contributed by atoms with Gasteiger partial charge in [0.25, 0.3) is 0 Å². The highest BCUT2D eigenvalue weighted by Crippen LogP contribution is 2.23. The average Bonchev–Trinajstić information content (AvgIpc) is 2.65. The highest BCUT2D eigenvalue weighted by molar-refractivity contribution is 6.31. The number of hydrogen-bond acceptors (Lipinski definition) is 2. The molecule has 2 aromatic carbocycles. The second-order valence-electron chi connectivity index (χ2n) is 6.35. The number of aryl methyl sites for hydroxylation is 2. The van der Waals surface area contributed by atoms with Gasteiger partial charge in [0.2, 0.25) is 0 Å². The lowest BCUT2D eigenvalue weighted by Crippen LogP contribution is -2.50. The summed E-state index contributed by atoms with van der Waals surface area (Å²) in [5.74, 6) is 0. The van der Waals surface area contributed by atoms with E-state index in [1.54, 1.807) is 6.07 Å². The Hall–Kier alpha value is -2.20. The standard InChI is InChI=1S/C20H24ClN3O/c1-3-16-6-4-5-7-19(16)23-10-12-24(13-11-23)20(25)22-17-9-8-15(2)18(21)14-17/h4-9,14H,3,10-13H2,1-2H3,(H,22,25). The quantitative estimate of drug-likeness (QED) is 0.873. The minimum Gasteiger partial charge on any atom is -0.368 e. The summed E-state index contributed by atoms with van der Waals surface area (Å²) >= 11 is 6.13. The third kappa shape index (κ3) is 4.07. The SMILES string of the molecule is CCc1ccccc1N1CCN(C(=O)Nc2ccc(C)c(Cl)c2)CC1. The van der Waals surface area contributed by atoms with Gasteiger partial charge in [0.15, 0.2) is 0 Å². The molecule has 1 fully saturated rings. The predicted molar refractivity (Wildman–Crippen MR) is 105 cm³/mol. The smallest absolute Gasteiger partial charge is 0.321 e. The van der Waals surface area contributed by atoms with Gasteiger partial charge in [0.05, 0.1) is 0 Å². The lowest BCUT2D eigenvalue weighted by atomic mass is 10.1. The van der Waals surface area contributed by atoms with Crippen LogP contribution < -0.4 is 10.2 Å². The third-order valence-electron chi connectivity index (χ3n) is 4.70. The molecule has 4 nitrogen and oxygen atoms in total. The van der Waals surface area contributed by atoms with E-state index >= 15 is 0 Å². The third-order valence-corrected chi connectivity index (χ3v) is 5.11. The number of benzene rings is 2. The monoisotopic (exact) mass is 357 g/mol. The molecule has 2 amide bonds. The van der Waals surface area contributed by atoms with E-state index < -0.39 is 0 Å². The van der Waals surface area contributed by atoms with Crippen molar-refractivity contribution in [2.75, 3.05) is 36.4 Å². The van der Waals surface area contributed by atoms with Crippen molar-refractivity contribution in [2.45, 2.75) is 20.3 Å². The molecule has 25 heavy (non-hydrogen) atoms. The minimum atomic E-state index is -0.0663. The van der Waals surface area contributed by atoms with Crippen LogP contribution in [0.4, 0.5) is 16.2 Å². The zero-order valence-electron chi connectivity index (χ0n) is 14.8. The molecule has 0 atom stereocenters. The van der Waals surface area contributed by atoms with E-state index in [1.807, 2.05) is 24.0 Å². The Kier molecular flexibility index (Phi) is 5.49. The molecule has 0 saturated carbocycles. The predicted octanol–water partition coefficient (Wildman–Crippen LogP) is 4.56. The van der Waals surface area contributed by atoms with Crippen LogP contribution in [0.3, 0.4) is 0 Å². The molecule has 1 heterocycles. The number of piperazine rings is 1. The summed E-state index contributed by atoms with van der Waals surface area (Å²) in [5.41, 5.74) is 4.38. The largest absolute Gasteiger partial charge is 0.368 e. The number of rotatable bonds is 3. The van der Waals surface area contributed by atoms with E-state index in [2.05, 4.69) is 41.4 Å². The van der Waals surface area contributed by atoms with Crippen molar-refractivity contribution >= 4 is 29.0 Å². The molecule has 0 radical (unpaired) electrons. The highest BCUT2D eigenvalue weighted by atomic mass is 35.5. The number of halogens is 1. The number of nitrogens with one attached hydrogen (secondary N) is 1. The topological polar surface area (TPSA) is 35.6 Å². The molecule has 3 rings (SSSR count). The molecule has 0 aliphatic carbocycles. The van der Waals surface area contributed by atoms with E-state index in [-0.39, 0.29) is 6.03 Å². The van der Waals surface area contributed by atoms with E-state index in [9.17, 15) is 4.79 Å². The molecule has 2 aromatic rings. The normalized spacial score (nSPS) is 14.5. The van der Waals surface area contributed by atoms with Crippen LogP contribution in [0.1, 0.15) is 18.1 Å². The van der Waals surface area contributed by atoms with E-state index in [1.165, 1.54) is 11.3 Å². The summed E-state index contributed by atoms with van der Waals surface area (Å²) in [6, 6.07) is 14.0. The molecule has 0 spiro atoms. The van der Waals surface area contributed by atoms with Gasteiger partial charge >= 0.3 is 6.03 Å². The number of urea groups is 1. The van der Waals surface area contributed by atoms with Crippen molar-refractivity contribution in [1.29, 1.82) is 0 Å². The van der Waals surface area contributed by atoms with Gasteiger partial charge in [-0.15, -0.1) is 0 Å². The maximum atomic E-state index is 12.5. The number of amides is 2. The molecule has 0 unspecified atom stereocenters. The molecule has 0 aromatic heterocycles. The number of nitrogens with zero attached hydrogens (tertiary/aromatic N) is 2. The zero-order chi connectivity index (χ0) is 17.8. The van der Waals surface area contributed by atoms with Crippen molar-refractivity contribution in [2.24, 2.45) is 0 Å². The Morgan fingerprint density at radius 3 is 2.52 bits per heavy atom. The lowest BCUT2D eigenvalue weighted by molar-refractivity contribution is 0.208. The van der Waals surface area contributed by atoms with Crippen molar-refractivity contribution in [1.82, 2.24) is 4.90 Å². The van der Waals surface area contributed by atoms with Gasteiger partial charge in [-0.3, -0.25) is 0 Å². The van der Waals surface area contributed by atoms with Gasteiger partial charge in [-0.2, -0.15) is 0 Å². The van der Waals surface area contributed by atoms with E-state index in [4.69, 9.17) is 11.6 Å². The van der Waals surface area contributed by atoms with Crippen LogP contribution in [-0.2, 0) is 6.42 Å². The van der Waals surface area contributed by atoms with Gasteiger partial charge < -0.3 is 15.1 Å². The van der Waals surface area contributed by atoms with E-state index in [0.717, 1.165) is 30.8 Å². The first kappa shape index (κ1) is 17.6. The molecular weight excluding hydrogens is 334 g/mol. The van der Waals surface area contributed by atoms with Gasteiger partial charge in [0, 0.05) is 42.6 Å². The average molecular weight is 358 g/mol. The molecule has 5 heteroatoms. The second kappa shape index (κ2) is 7.79. The second-order valence-corrected chi connectivity index (χ2v) is 6.76. The molecule has 1 saturated heterocycles. The Morgan fingerprint density at radius 2 is 1.84 bits per heavy atom. The molecule has 1 N–H and O–H groups in total. The van der Waals surface area contributed by atoms with E-state index in [0.29, 0.717) is 18.1 Å². The maximum Gasteiger partial charge on any atom is 0.321 e. The summed E-state index contributed by atoms with van der Waals surface area (Å²) in [5, 5.41) is 3.61. The molecule has 1 aliphatic rings. The molecule has 132 valence electrons. The summed E-state index contributed by atoms with van der Waals surface area (Å²) in [7, 11) is 0. The van der Waals surface area contributed by atoms with Gasteiger partial charge in [-0.25, -0.2) is 4.79 Å². The molecule has 1 aliphatic heterocycles. The van der Waals surface area contributed by atoms with Crippen molar-refractivity contribution in [3.8, 4) is 0 Å². The van der Waals surface area contributed by atoms with Crippen LogP contribution in [0.5, 0.6) is 0 Å². The fourth-order valence-electron chi connectivity index (χ4n) is 3.14. The van der Waals surface area contributed by atoms with Gasteiger partial charge in [-0.1, -0.05) is 42.8 Å². The lowest BCUT2D eigenvalue weighted by Gasteiger charge is -2.37. The Balaban J connectivity index is 1.60. The Bertz CT molecular complexity index is 754. The van der Waals surface area contributed by atoms with Crippen LogP contribution in [0.25, 0.3) is 0 Å². The van der Waals surface area contributed by atoms with Crippen LogP contribution in [0.2, 0.25) is 5.02 Å². The fraction of sp³-hybridized carbons (Fsp3) is 0.350. The number of para-hydroxylation sites is 1. The van der Waals surface area contributed by atoms with Gasteiger partial charge in [-0.05, 0) is 42.7 Å². The fourth-order valence-corrected chi connectivity index (χ4v) is 3.32. The summed E-state index contributed by atoms with van der Waals surface area (Å²) in [4.78, 5) is 16.7. The first-order valence-electron chi connectivity index (χ1n) is 8.73. The number of hydrogen-bond donors (Lipinski definition) is 1. The number of carbonyl (C=O) groups excluding carboxylic acids is 1. The summed E-state index contributed by atoms with van der Waals surface area (Å²) in [6.45, 7) is 7.24. The first-order valence-corrected chi connectivity index (χ1v) is 9.11. The first-order chi connectivity index (χ1) is 12.1. The van der Waals surface area contributed by atoms with Crippen LogP contribution in [0, 0.1) is 6.92 Å². The van der Waals surface area contributed by atoms with Crippen LogP contribution in [0.15, 0.2) is 42.5 Å². The minimum absolute atomic E-state index is 0.0663. The van der Waals surface area contributed by atoms with Crippen LogP contribution >= 0.6 is 11.6 Å². The molecular formula is C20H24ClN3O. The summed E-state index contributed by atoms with van der Waals surface area (Å²) in [6.07, 6.45) is 1.02. The highest BCUT2D eigenvalue weighted by Gasteiger charge is 2.22. The van der Waals surface area contributed by atoms with Gasteiger partial charge in [0.1, 0.15) is 0 Å². The van der Waals surface area contributed by atoms with Crippen LogP contribution in [-0.4, -0.2) is 37.1 Å². The summed E-state index contributed by atoms with van der Waals surface area (Å²) < 4.78 is 0. The number of carbonyl (C=O) groups is 1.